The van der Waals surface area contributed by atoms with Gasteiger partial charge in [-0.05, 0) is 30.0 Å². The fourth-order valence-corrected chi connectivity index (χ4v) is 2.79. The first-order valence-electron chi connectivity index (χ1n) is 6.21. The standard InChI is InChI=1S/C15H12N4/c1-8-9-2-5-18-15(16)11(9)6-10-12-7-17-4-3-13(12)19-14(8)10/h2-7,19H,1H3,(H2,16,18)/p+1. The molecule has 3 aromatic heterocycles. The van der Waals surface area contributed by atoms with Gasteiger partial charge in [0.15, 0.2) is 12.4 Å². The number of rotatable bonds is 0. The summed E-state index contributed by atoms with van der Waals surface area (Å²) in [6.07, 6.45) is 5.68. The molecule has 19 heavy (non-hydrogen) atoms. The number of anilines is 1. The van der Waals surface area contributed by atoms with Gasteiger partial charge in [0.25, 0.3) is 0 Å². The predicted molar refractivity (Wildman–Crippen MR) is 76.8 cm³/mol. The van der Waals surface area contributed by atoms with Crippen molar-refractivity contribution < 1.29 is 4.98 Å². The van der Waals surface area contributed by atoms with Gasteiger partial charge in [-0.3, -0.25) is 0 Å². The number of hydrogen-bond acceptors (Lipinski definition) is 2. The zero-order valence-electron chi connectivity index (χ0n) is 10.5. The molecule has 0 saturated heterocycles. The van der Waals surface area contributed by atoms with E-state index < -0.39 is 0 Å². The minimum Gasteiger partial charge on any atom is -0.383 e. The fourth-order valence-electron chi connectivity index (χ4n) is 2.79. The molecule has 0 atom stereocenters. The van der Waals surface area contributed by atoms with Crippen LogP contribution in [0.1, 0.15) is 5.56 Å². The number of nitrogens with two attached hydrogens (primary N) is 1. The Labute approximate surface area is 109 Å². The van der Waals surface area contributed by atoms with E-state index in [1.165, 1.54) is 16.3 Å². The minimum absolute atomic E-state index is 0.580. The lowest BCUT2D eigenvalue weighted by Crippen LogP contribution is -1.96. The summed E-state index contributed by atoms with van der Waals surface area (Å²) >= 11 is 0. The number of pyridine rings is 2. The van der Waals surface area contributed by atoms with Gasteiger partial charge in [0.2, 0.25) is 0 Å². The number of aromatic amines is 2. The van der Waals surface area contributed by atoms with Crippen molar-refractivity contribution in [2.75, 3.05) is 5.73 Å². The molecule has 4 rings (SSSR count). The van der Waals surface area contributed by atoms with Crippen molar-refractivity contribution in [2.45, 2.75) is 6.92 Å². The van der Waals surface area contributed by atoms with Gasteiger partial charge < -0.3 is 10.7 Å². The first kappa shape index (κ1) is 10.3. The molecule has 0 aliphatic rings. The van der Waals surface area contributed by atoms with Gasteiger partial charge in [0.1, 0.15) is 5.82 Å². The van der Waals surface area contributed by atoms with Crippen molar-refractivity contribution in [1.29, 1.82) is 0 Å². The molecule has 0 bridgehead atoms. The maximum Gasteiger partial charge on any atom is 0.177 e. The number of hydrogen-bond donors (Lipinski definition) is 2. The lowest BCUT2D eigenvalue weighted by atomic mass is 10.0. The quantitative estimate of drug-likeness (QED) is 0.503. The summed E-state index contributed by atoms with van der Waals surface area (Å²) in [7, 11) is 0. The van der Waals surface area contributed by atoms with Crippen LogP contribution in [0.25, 0.3) is 32.6 Å². The third-order valence-electron chi connectivity index (χ3n) is 3.77. The zero-order chi connectivity index (χ0) is 13.0. The smallest absolute Gasteiger partial charge is 0.177 e. The predicted octanol–water partition coefficient (Wildman–Crippen LogP) is 2.57. The summed E-state index contributed by atoms with van der Waals surface area (Å²) < 4.78 is 0. The molecule has 0 aliphatic carbocycles. The number of nitrogens with one attached hydrogen (secondary N) is 2. The monoisotopic (exact) mass is 249 g/mol. The first-order chi connectivity index (χ1) is 9.25. The van der Waals surface area contributed by atoms with E-state index in [2.05, 4.69) is 27.9 Å². The first-order valence-corrected chi connectivity index (χ1v) is 6.21. The number of H-pyrrole nitrogens is 2. The second kappa shape index (κ2) is 3.45. The normalized spacial score (nSPS) is 11.6. The molecule has 4 nitrogen and oxygen atoms in total. The van der Waals surface area contributed by atoms with E-state index in [4.69, 9.17) is 5.73 Å². The molecule has 92 valence electrons. The van der Waals surface area contributed by atoms with Crippen LogP contribution in [0.3, 0.4) is 0 Å². The number of aryl methyl sites for hydroxylation is 1. The molecule has 0 saturated carbocycles. The highest BCUT2D eigenvalue weighted by Gasteiger charge is 2.12. The highest BCUT2D eigenvalue weighted by Crippen LogP contribution is 2.33. The molecule has 0 aliphatic heterocycles. The molecule has 4 aromatic rings. The molecule has 4 heteroatoms. The van der Waals surface area contributed by atoms with Gasteiger partial charge in [0.05, 0.1) is 16.4 Å². The highest BCUT2D eigenvalue weighted by molar-refractivity contribution is 6.14. The SMILES string of the molecule is Cc1c2ccnc(N)c2cc2c1[nH]c1cc[nH+]cc12. The van der Waals surface area contributed by atoms with Crippen molar-refractivity contribution in [3.05, 3.63) is 42.4 Å². The van der Waals surface area contributed by atoms with Crippen molar-refractivity contribution in [2.24, 2.45) is 0 Å². The Hall–Kier alpha value is -2.62. The van der Waals surface area contributed by atoms with E-state index in [0.29, 0.717) is 5.82 Å². The molecule has 0 fully saturated rings. The van der Waals surface area contributed by atoms with Gasteiger partial charge >= 0.3 is 0 Å². The van der Waals surface area contributed by atoms with Crippen LogP contribution in [0.4, 0.5) is 5.82 Å². The summed E-state index contributed by atoms with van der Waals surface area (Å²) in [6.45, 7) is 2.11. The second-order valence-electron chi connectivity index (χ2n) is 4.81. The minimum atomic E-state index is 0.580. The van der Waals surface area contributed by atoms with Crippen molar-refractivity contribution in [3.63, 3.8) is 0 Å². The molecule has 0 radical (unpaired) electrons. The highest BCUT2D eigenvalue weighted by atomic mass is 14.8. The Bertz CT molecular complexity index is 937. The maximum atomic E-state index is 6.00. The molecule has 4 N–H and O–H groups in total. The Balaban J connectivity index is 2.34. The molecular weight excluding hydrogens is 236 g/mol. The van der Waals surface area contributed by atoms with Crippen LogP contribution >= 0.6 is 0 Å². The van der Waals surface area contributed by atoms with E-state index >= 15 is 0 Å². The summed E-state index contributed by atoms with van der Waals surface area (Å²) in [5.74, 6) is 0.580. The summed E-state index contributed by atoms with van der Waals surface area (Å²) in [4.78, 5) is 10.8. The number of fused-ring (bicyclic) bond motifs is 4. The molecule has 0 spiro atoms. The van der Waals surface area contributed by atoms with Gasteiger partial charge in [-0.15, -0.1) is 0 Å². The van der Waals surface area contributed by atoms with Gasteiger partial charge in [-0.25, -0.2) is 9.97 Å². The van der Waals surface area contributed by atoms with Crippen LogP contribution in [0.5, 0.6) is 0 Å². The molecule has 0 unspecified atom stereocenters. The Morgan fingerprint density at radius 2 is 2.05 bits per heavy atom. The Morgan fingerprint density at radius 3 is 2.95 bits per heavy atom. The lowest BCUT2D eigenvalue weighted by Gasteiger charge is -2.05. The number of nitrogen functional groups attached to an aromatic ring is 1. The van der Waals surface area contributed by atoms with E-state index in [1.807, 2.05) is 24.5 Å². The van der Waals surface area contributed by atoms with E-state index in [-0.39, 0.29) is 0 Å². The van der Waals surface area contributed by atoms with Crippen LogP contribution in [0.15, 0.2) is 36.8 Å². The van der Waals surface area contributed by atoms with E-state index in [9.17, 15) is 0 Å². The van der Waals surface area contributed by atoms with Crippen LogP contribution in [0.2, 0.25) is 0 Å². The molecule has 0 amide bonds. The summed E-state index contributed by atoms with van der Waals surface area (Å²) in [5.41, 5.74) is 9.49. The zero-order valence-corrected chi connectivity index (χ0v) is 10.5. The average molecular weight is 249 g/mol. The summed E-state index contributed by atoms with van der Waals surface area (Å²) in [6, 6.07) is 6.17. The van der Waals surface area contributed by atoms with Crippen LogP contribution in [-0.4, -0.2) is 9.97 Å². The molecular formula is C15H13N4+. The third-order valence-corrected chi connectivity index (χ3v) is 3.77. The van der Waals surface area contributed by atoms with Crippen LogP contribution < -0.4 is 10.7 Å². The van der Waals surface area contributed by atoms with Gasteiger partial charge in [0, 0.05) is 23.0 Å². The Kier molecular flexibility index (Phi) is 1.87. The number of benzene rings is 1. The lowest BCUT2D eigenvalue weighted by molar-refractivity contribution is -0.375. The number of aromatic nitrogens is 3. The van der Waals surface area contributed by atoms with Crippen LogP contribution in [0, 0.1) is 6.92 Å². The number of nitrogens with zero attached hydrogens (tertiary/aromatic N) is 1. The van der Waals surface area contributed by atoms with Crippen molar-refractivity contribution in [1.82, 2.24) is 9.97 Å². The van der Waals surface area contributed by atoms with Crippen LogP contribution in [-0.2, 0) is 0 Å². The summed E-state index contributed by atoms with van der Waals surface area (Å²) in [5, 5.41) is 4.51. The van der Waals surface area contributed by atoms with E-state index in [1.54, 1.807) is 6.20 Å². The molecule has 1 aromatic carbocycles. The largest absolute Gasteiger partial charge is 0.383 e. The maximum absolute atomic E-state index is 6.00. The second-order valence-corrected chi connectivity index (χ2v) is 4.81. The topological polar surface area (TPSA) is 68.8 Å². The third kappa shape index (κ3) is 1.28. The van der Waals surface area contributed by atoms with Crippen molar-refractivity contribution in [3.8, 4) is 0 Å². The average Bonchev–Trinajstić information content (AvgIpc) is 2.80. The molecule has 3 heterocycles. The fraction of sp³-hybridized carbons (Fsp3) is 0.0667. The van der Waals surface area contributed by atoms with Crippen molar-refractivity contribution >= 4 is 38.4 Å². The van der Waals surface area contributed by atoms with Gasteiger partial charge in [-0.2, -0.15) is 0 Å². The van der Waals surface area contributed by atoms with E-state index in [0.717, 1.165) is 21.8 Å². The van der Waals surface area contributed by atoms with Gasteiger partial charge in [-0.1, -0.05) is 0 Å². The Morgan fingerprint density at radius 1 is 1.16 bits per heavy atom.